The minimum absolute atomic E-state index is 0.0895. The average molecular weight is 559 g/mol. The number of nitrogens with zero attached hydrogens (tertiary/aromatic N) is 3. The number of nitrogens with one attached hydrogen (secondary N) is 1. The zero-order valence-electron chi connectivity index (χ0n) is 23.3. The molecule has 2 aliphatic heterocycles. The fraction of sp³-hybridized carbons (Fsp3) is 0.257. The van der Waals surface area contributed by atoms with Crippen LogP contribution >= 0.6 is 0 Å². The second-order valence-corrected chi connectivity index (χ2v) is 12.2. The van der Waals surface area contributed by atoms with E-state index in [1.54, 1.807) is 4.90 Å². The SMILES string of the molecule is CN1CCC2(c3ccc(-c4ccc5c(c4)C(=O)N(C(c4nc6ccccc6[nH]4)c4cc(F)ccc4O)C5)cc3)CC2C1. The van der Waals surface area contributed by atoms with E-state index in [4.69, 9.17) is 4.98 Å². The predicted octanol–water partition coefficient (Wildman–Crippen LogP) is 6.41. The van der Waals surface area contributed by atoms with Crippen molar-refractivity contribution < 1.29 is 14.3 Å². The molecule has 6 nitrogen and oxygen atoms in total. The fourth-order valence-corrected chi connectivity index (χ4v) is 7.30. The molecule has 0 bridgehead atoms. The zero-order chi connectivity index (χ0) is 28.6. The molecule has 42 heavy (non-hydrogen) atoms. The Kier molecular flexibility index (Phi) is 5.56. The van der Waals surface area contributed by atoms with Crippen LogP contribution < -0.4 is 0 Å². The number of hydrogen-bond acceptors (Lipinski definition) is 4. The number of hydrogen-bond donors (Lipinski definition) is 2. The minimum atomic E-state index is -0.795. The number of amides is 1. The largest absolute Gasteiger partial charge is 0.508 e. The number of imidazole rings is 1. The van der Waals surface area contributed by atoms with Gasteiger partial charge in [-0.2, -0.15) is 0 Å². The molecular formula is C35H31FN4O2. The lowest BCUT2D eigenvalue weighted by atomic mass is 9.86. The number of fused-ring (bicyclic) bond motifs is 3. The van der Waals surface area contributed by atoms with Gasteiger partial charge in [0.25, 0.3) is 5.91 Å². The van der Waals surface area contributed by atoms with Gasteiger partial charge in [-0.25, -0.2) is 9.37 Å². The average Bonchev–Trinajstić information content (AvgIpc) is 3.43. The second-order valence-electron chi connectivity index (χ2n) is 12.2. The summed E-state index contributed by atoms with van der Waals surface area (Å²) in [5.74, 6) is 0.469. The van der Waals surface area contributed by atoms with E-state index in [-0.39, 0.29) is 17.2 Å². The Morgan fingerprint density at radius 1 is 1.02 bits per heavy atom. The van der Waals surface area contributed by atoms with Crippen molar-refractivity contribution in [3.05, 3.63) is 119 Å². The number of piperidine rings is 1. The van der Waals surface area contributed by atoms with Gasteiger partial charge in [-0.3, -0.25) is 4.79 Å². The highest BCUT2D eigenvalue weighted by atomic mass is 19.1. The number of aromatic nitrogens is 2. The number of phenols is 1. The number of aromatic amines is 1. The van der Waals surface area contributed by atoms with Crippen LogP contribution in [0.5, 0.6) is 5.75 Å². The summed E-state index contributed by atoms with van der Waals surface area (Å²) >= 11 is 0. The predicted molar refractivity (Wildman–Crippen MR) is 160 cm³/mol. The number of para-hydroxylation sites is 2. The van der Waals surface area contributed by atoms with E-state index in [2.05, 4.69) is 47.3 Å². The lowest BCUT2D eigenvalue weighted by Gasteiger charge is -2.29. The maximum atomic E-state index is 14.5. The highest BCUT2D eigenvalue weighted by Crippen LogP contribution is 2.59. The van der Waals surface area contributed by atoms with E-state index in [9.17, 15) is 14.3 Å². The fourth-order valence-electron chi connectivity index (χ4n) is 7.30. The summed E-state index contributed by atoms with van der Waals surface area (Å²) in [5, 5.41) is 10.8. The van der Waals surface area contributed by atoms with Gasteiger partial charge < -0.3 is 19.9 Å². The summed E-state index contributed by atoms with van der Waals surface area (Å²) in [6.45, 7) is 2.64. The van der Waals surface area contributed by atoms with Gasteiger partial charge in [-0.1, -0.05) is 48.5 Å². The summed E-state index contributed by atoms with van der Waals surface area (Å²) in [6.07, 6.45) is 2.48. The van der Waals surface area contributed by atoms with E-state index in [1.165, 1.54) is 43.1 Å². The third-order valence-electron chi connectivity index (χ3n) is 9.70. The molecule has 4 aromatic carbocycles. The molecule has 0 radical (unpaired) electrons. The zero-order valence-corrected chi connectivity index (χ0v) is 23.3. The van der Waals surface area contributed by atoms with E-state index < -0.39 is 11.9 Å². The number of carbonyl (C=O) groups excluding carboxylic acids is 1. The standard InChI is InChI=1S/C35H31FN4O2/c1-39-15-14-35(18-25(35)20-39)24-10-8-21(9-11-24)22-6-7-23-19-40(34(42)27(23)16-22)32(28-17-26(36)12-13-31(28)41)33-37-29-4-2-3-5-30(29)38-33/h2-13,16-17,25,32,41H,14-15,18-20H2,1H3,(H,37,38). The number of aromatic hydroxyl groups is 1. The number of likely N-dealkylation sites (tertiary alicyclic amines) is 1. The lowest BCUT2D eigenvalue weighted by Crippen LogP contribution is -2.33. The molecule has 1 saturated carbocycles. The lowest BCUT2D eigenvalue weighted by molar-refractivity contribution is 0.0723. The van der Waals surface area contributed by atoms with Gasteiger partial charge in [0.05, 0.1) is 11.0 Å². The van der Waals surface area contributed by atoms with E-state index >= 15 is 0 Å². The van der Waals surface area contributed by atoms with Gasteiger partial charge in [-0.05, 0) is 91.0 Å². The molecule has 1 amide bonds. The smallest absolute Gasteiger partial charge is 0.255 e. The van der Waals surface area contributed by atoms with Crippen molar-refractivity contribution in [2.75, 3.05) is 20.1 Å². The molecule has 0 spiro atoms. The molecule has 3 aliphatic rings. The molecule has 3 heterocycles. The molecular weight excluding hydrogens is 527 g/mol. The van der Waals surface area contributed by atoms with Crippen LogP contribution in [0.15, 0.2) is 84.9 Å². The van der Waals surface area contributed by atoms with Crippen molar-refractivity contribution >= 4 is 16.9 Å². The molecule has 8 rings (SSSR count). The van der Waals surface area contributed by atoms with Gasteiger partial charge in [0.1, 0.15) is 23.4 Å². The summed E-state index contributed by atoms with van der Waals surface area (Å²) in [4.78, 5) is 26.2. The quantitative estimate of drug-likeness (QED) is 0.261. The number of benzene rings is 4. The summed E-state index contributed by atoms with van der Waals surface area (Å²) in [5.41, 5.74) is 7.17. The van der Waals surface area contributed by atoms with Crippen LogP contribution in [0.1, 0.15) is 51.8 Å². The minimum Gasteiger partial charge on any atom is -0.508 e. The van der Waals surface area contributed by atoms with Crippen molar-refractivity contribution in [2.45, 2.75) is 30.8 Å². The van der Waals surface area contributed by atoms with E-state index in [1.807, 2.05) is 36.4 Å². The molecule has 1 aromatic heterocycles. The first-order valence-corrected chi connectivity index (χ1v) is 14.6. The highest BCUT2D eigenvalue weighted by molar-refractivity contribution is 6.00. The Hall–Kier alpha value is -4.49. The van der Waals surface area contributed by atoms with Crippen LogP contribution in [0.25, 0.3) is 22.2 Å². The van der Waals surface area contributed by atoms with Gasteiger partial charge in [0.2, 0.25) is 0 Å². The highest BCUT2D eigenvalue weighted by Gasteiger charge is 2.56. The van der Waals surface area contributed by atoms with E-state index in [0.717, 1.165) is 40.2 Å². The molecule has 3 atom stereocenters. The van der Waals surface area contributed by atoms with Crippen LogP contribution in [-0.2, 0) is 12.0 Å². The molecule has 5 aromatic rings. The third kappa shape index (κ3) is 3.95. The van der Waals surface area contributed by atoms with Crippen molar-refractivity contribution in [2.24, 2.45) is 5.92 Å². The topological polar surface area (TPSA) is 72.5 Å². The first-order valence-electron chi connectivity index (χ1n) is 14.6. The van der Waals surface area contributed by atoms with Gasteiger partial charge in [-0.15, -0.1) is 0 Å². The van der Waals surface area contributed by atoms with Crippen LogP contribution in [0, 0.1) is 11.7 Å². The van der Waals surface area contributed by atoms with Gasteiger partial charge >= 0.3 is 0 Å². The number of halogens is 1. The Morgan fingerprint density at radius 3 is 2.64 bits per heavy atom. The Labute approximate surface area is 243 Å². The summed E-state index contributed by atoms with van der Waals surface area (Å²) in [7, 11) is 2.21. The molecule has 7 heteroatoms. The molecule has 210 valence electrons. The van der Waals surface area contributed by atoms with Gasteiger partial charge in [0, 0.05) is 29.6 Å². The monoisotopic (exact) mass is 558 g/mol. The molecule has 2 fully saturated rings. The van der Waals surface area contributed by atoms with Crippen molar-refractivity contribution in [3.63, 3.8) is 0 Å². The third-order valence-corrected chi connectivity index (χ3v) is 9.70. The summed E-state index contributed by atoms with van der Waals surface area (Å²) < 4.78 is 14.5. The summed E-state index contributed by atoms with van der Waals surface area (Å²) in [6, 6.07) is 25.5. The van der Waals surface area contributed by atoms with Crippen LogP contribution in [-0.4, -0.2) is 50.9 Å². The first kappa shape index (κ1) is 25.2. The molecule has 1 saturated heterocycles. The Morgan fingerprint density at radius 2 is 1.83 bits per heavy atom. The maximum absolute atomic E-state index is 14.5. The normalized spacial score (nSPS) is 22.3. The Bertz CT molecular complexity index is 1830. The number of rotatable bonds is 5. The van der Waals surface area contributed by atoms with Gasteiger partial charge in [0.15, 0.2) is 0 Å². The Balaban J connectivity index is 1.13. The second kappa shape index (κ2) is 9.26. The molecule has 3 unspecified atom stereocenters. The van der Waals surface area contributed by atoms with Crippen molar-refractivity contribution in [3.8, 4) is 16.9 Å². The van der Waals surface area contributed by atoms with E-state index in [0.29, 0.717) is 23.3 Å². The van der Waals surface area contributed by atoms with Crippen LogP contribution in [0.2, 0.25) is 0 Å². The first-order chi connectivity index (χ1) is 20.4. The number of carbonyl (C=O) groups is 1. The number of phenolic OH excluding ortho intramolecular Hbond substituents is 1. The van der Waals surface area contributed by atoms with Crippen molar-refractivity contribution in [1.29, 1.82) is 0 Å². The molecule has 2 N–H and O–H groups in total. The van der Waals surface area contributed by atoms with Crippen LogP contribution in [0.3, 0.4) is 0 Å². The molecule has 1 aliphatic carbocycles. The van der Waals surface area contributed by atoms with Crippen LogP contribution in [0.4, 0.5) is 4.39 Å². The van der Waals surface area contributed by atoms with Crippen molar-refractivity contribution in [1.82, 2.24) is 19.8 Å². The maximum Gasteiger partial charge on any atom is 0.255 e. The number of H-pyrrole nitrogens is 1.